The molecule has 1 rings (SSSR count). The minimum absolute atomic E-state index is 0.977. The van der Waals surface area contributed by atoms with E-state index < -0.39 is 8.24 Å². The van der Waals surface area contributed by atoms with E-state index >= 15 is 0 Å². The van der Waals surface area contributed by atoms with Gasteiger partial charge < -0.3 is 4.98 Å². The Balaban J connectivity index is 2.35. The average Bonchev–Trinajstić information content (AvgIpc) is 2.13. The Bertz CT molecular complexity index is 285. The highest BCUT2D eigenvalue weighted by Crippen LogP contribution is 2.00. The molecule has 0 heterocycles. The first kappa shape index (κ1) is 11.2. The zero-order chi connectivity index (χ0) is 10.4. The second-order valence-electron chi connectivity index (χ2n) is 4.44. The second-order valence-corrected chi connectivity index (χ2v) is 9.30. The highest BCUT2D eigenvalue weighted by Gasteiger charge is 2.09. The Kier molecular flexibility index (Phi) is 4.11. The molecule has 76 valence electrons. The minimum Gasteiger partial charge on any atom is -0.334 e. The quantitative estimate of drug-likeness (QED) is 0.745. The molecule has 0 aliphatic carbocycles. The molecule has 1 aromatic rings. The summed E-state index contributed by atoms with van der Waals surface area (Å²) in [7, 11) is -1.10. The molecule has 1 N–H and O–H groups in total. The van der Waals surface area contributed by atoms with Crippen LogP contribution in [0.15, 0.2) is 36.4 Å². The number of benzene rings is 1. The maximum Gasteiger partial charge on any atom is 0.116 e. The van der Waals surface area contributed by atoms with Crippen molar-refractivity contribution in [2.24, 2.45) is 0 Å². The predicted octanol–water partition coefficient (Wildman–Crippen LogP) is 3.12. The van der Waals surface area contributed by atoms with Gasteiger partial charge in [-0.15, -0.1) is 0 Å². The zero-order valence-corrected chi connectivity index (χ0v) is 10.2. The minimum atomic E-state index is -1.10. The van der Waals surface area contributed by atoms with Gasteiger partial charge in [0.25, 0.3) is 0 Å². The van der Waals surface area contributed by atoms with Crippen molar-refractivity contribution in [2.75, 3.05) is 6.54 Å². The number of rotatable bonds is 4. The summed E-state index contributed by atoms with van der Waals surface area (Å²) < 4.78 is 0. The Hall–Kier alpha value is -0.863. The van der Waals surface area contributed by atoms with E-state index in [1.165, 1.54) is 5.56 Å². The van der Waals surface area contributed by atoms with Crippen LogP contribution in [0.25, 0.3) is 6.08 Å². The van der Waals surface area contributed by atoms with Crippen LogP contribution in [0.4, 0.5) is 0 Å². The van der Waals surface area contributed by atoms with Crippen LogP contribution < -0.4 is 4.98 Å². The normalized spacial score (nSPS) is 12.2. The van der Waals surface area contributed by atoms with E-state index in [9.17, 15) is 0 Å². The molecule has 0 spiro atoms. The lowest BCUT2D eigenvalue weighted by atomic mass is 10.2. The molecule has 0 aromatic heterocycles. The molecular weight excluding hydrogens is 186 g/mol. The maximum absolute atomic E-state index is 3.54. The third-order valence-corrected chi connectivity index (χ3v) is 3.12. The van der Waals surface area contributed by atoms with Crippen LogP contribution in [0, 0.1) is 0 Å². The van der Waals surface area contributed by atoms with Crippen molar-refractivity contribution in [3.8, 4) is 0 Å². The highest BCUT2D eigenvalue weighted by molar-refractivity contribution is 6.73. The molecule has 14 heavy (non-hydrogen) atoms. The van der Waals surface area contributed by atoms with E-state index in [0.717, 1.165) is 6.54 Å². The summed E-state index contributed by atoms with van der Waals surface area (Å²) in [6, 6.07) is 10.4. The van der Waals surface area contributed by atoms with E-state index in [1.807, 2.05) is 6.07 Å². The summed E-state index contributed by atoms with van der Waals surface area (Å²) in [6.07, 6.45) is 4.35. The van der Waals surface area contributed by atoms with Crippen molar-refractivity contribution in [3.63, 3.8) is 0 Å². The first-order valence-corrected chi connectivity index (χ1v) is 8.54. The van der Waals surface area contributed by atoms with E-state index in [0.29, 0.717) is 0 Å². The van der Waals surface area contributed by atoms with Crippen LogP contribution in [0.3, 0.4) is 0 Å². The lowest BCUT2D eigenvalue weighted by Crippen LogP contribution is -2.41. The first-order chi connectivity index (χ1) is 6.58. The van der Waals surface area contributed by atoms with E-state index in [-0.39, 0.29) is 0 Å². The van der Waals surface area contributed by atoms with Gasteiger partial charge in [-0.3, -0.25) is 0 Å². The smallest absolute Gasteiger partial charge is 0.116 e. The fraction of sp³-hybridized carbons (Fsp3) is 0.333. The topological polar surface area (TPSA) is 12.0 Å². The highest BCUT2D eigenvalue weighted by atomic mass is 28.3. The van der Waals surface area contributed by atoms with Gasteiger partial charge in [-0.25, -0.2) is 0 Å². The molecule has 0 atom stereocenters. The van der Waals surface area contributed by atoms with Gasteiger partial charge in [-0.1, -0.05) is 62.1 Å². The molecule has 0 fully saturated rings. The third kappa shape index (κ3) is 4.99. The molecule has 0 aliphatic rings. The van der Waals surface area contributed by atoms with Gasteiger partial charge in [0.2, 0.25) is 0 Å². The van der Waals surface area contributed by atoms with Crippen LogP contribution in [-0.4, -0.2) is 14.8 Å². The van der Waals surface area contributed by atoms with Gasteiger partial charge >= 0.3 is 0 Å². The fourth-order valence-electron chi connectivity index (χ4n) is 1.12. The van der Waals surface area contributed by atoms with Gasteiger partial charge in [-0.05, 0) is 5.56 Å². The van der Waals surface area contributed by atoms with Gasteiger partial charge in [-0.2, -0.15) is 0 Å². The molecule has 0 radical (unpaired) electrons. The molecule has 0 saturated carbocycles. The van der Waals surface area contributed by atoms with Gasteiger partial charge in [0.1, 0.15) is 8.24 Å². The third-order valence-electron chi connectivity index (χ3n) is 1.86. The lowest BCUT2D eigenvalue weighted by molar-refractivity contribution is 1.04. The summed E-state index contributed by atoms with van der Waals surface area (Å²) in [5.41, 5.74) is 1.27. The molecule has 2 heteroatoms. The standard InChI is InChI=1S/C12H19NSi/c1-14(2,3)13-11-7-10-12-8-5-4-6-9-12/h4-10,13H,11H2,1-3H3. The van der Waals surface area contributed by atoms with E-state index in [4.69, 9.17) is 0 Å². The van der Waals surface area contributed by atoms with Crippen molar-refractivity contribution in [1.29, 1.82) is 0 Å². The maximum atomic E-state index is 3.54. The van der Waals surface area contributed by atoms with Gasteiger partial charge in [0.05, 0.1) is 0 Å². The van der Waals surface area contributed by atoms with Gasteiger partial charge in [0.15, 0.2) is 0 Å². The Morgan fingerprint density at radius 3 is 2.36 bits per heavy atom. The largest absolute Gasteiger partial charge is 0.334 e. The van der Waals surface area contributed by atoms with Crippen molar-refractivity contribution < 1.29 is 0 Å². The SMILES string of the molecule is C[Si](C)(C)NCC=Cc1ccccc1. The molecule has 0 aliphatic heterocycles. The lowest BCUT2D eigenvalue weighted by Gasteiger charge is -2.15. The Morgan fingerprint density at radius 1 is 1.14 bits per heavy atom. The van der Waals surface area contributed by atoms with Crippen LogP contribution in [-0.2, 0) is 0 Å². The number of nitrogens with one attached hydrogen (secondary N) is 1. The van der Waals surface area contributed by atoms with Crippen LogP contribution in [0.5, 0.6) is 0 Å². The average molecular weight is 205 g/mol. The van der Waals surface area contributed by atoms with Crippen LogP contribution in [0.2, 0.25) is 19.6 Å². The summed E-state index contributed by atoms with van der Waals surface area (Å²) in [4.78, 5) is 3.54. The molecule has 0 unspecified atom stereocenters. The molecule has 0 bridgehead atoms. The fourth-order valence-corrected chi connectivity index (χ4v) is 1.85. The summed E-state index contributed by atoms with van der Waals surface area (Å²) in [5, 5.41) is 0. The van der Waals surface area contributed by atoms with Crippen LogP contribution >= 0.6 is 0 Å². The molecule has 1 aromatic carbocycles. The Morgan fingerprint density at radius 2 is 1.79 bits per heavy atom. The van der Waals surface area contributed by atoms with Crippen molar-refractivity contribution >= 4 is 14.3 Å². The molecule has 0 saturated heterocycles. The first-order valence-electron chi connectivity index (χ1n) is 5.04. The van der Waals surface area contributed by atoms with Gasteiger partial charge in [0, 0.05) is 6.54 Å². The number of hydrogen-bond donors (Lipinski definition) is 1. The van der Waals surface area contributed by atoms with E-state index in [2.05, 4.69) is 61.0 Å². The zero-order valence-electron chi connectivity index (χ0n) is 9.25. The van der Waals surface area contributed by atoms with E-state index in [1.54, 1.807) is 0 Å². The molecular formula is C12H19NSi. The summed E-state index contributed by atoms with van der Waals surface area (Å²) in [6.45, 7) is 7.90. The summed E-state index contributed by atoms with van der Waals surface area (Å²) >= 11 is 0. The molecule has 1 nitrogen and oxygen atoms in total. The van der Waals surface area contributed by atoms with Crippen molar-refractivity contribution in [3.05, 3.63) is 42.0 Å². The Labute approximate surface area is 87.9 Å². The second kappa shape index (κ2) is 5.13. The van der Waals surface area contributed by atoms with Crippen molar-refractivity contribution in [2.45, 2.75) is 19.6 Å². The predicted molar refractivity (Wildman–Crippen MR) is 66.8 cm³/mol. The number of hydrogen-bond acceptors (Lipinski definition) is 1. The summed E-state index contributed by atoms with van der Waals surface area (Å²) in [5.74, 6) is 0. The monoisotopic (exact) mass is 205 g/mol. The molecule has 0 amide bonds. The van der Waals surface area contributed by atoms with Crippen LogP contribution in [0.1, 0.15) is 5.56 Å². The van der Waals surface area contributed by atoms with Crippen molar-refractivity contribution in [1.82, 2.24) is 4.98 Å².